The maximum Gasteiger partial charge on any atom is 0.223 e. The molecule has 23 heavy (non-hydrogen) atoms. The molecule has 0 unspecified atom stereocenters. The Kier molecular flexibility index (Phi) is 5.00. The average molecular weight is 313 g/mol. The van der Waals surface area contributed by atoms with Crippen LogP contribution < -0.4 is 5.32 Å². The summed E-state index contributed by atoms with van der Waals surface area (Å²) in [5, 5.41) is 14.4. The third-order valence-corrected chi connectivity index (χ3v) is 4.71. The molecule has 1 saturated carbocycles. The first-order valence-electron chi connectivity index (χ1n) is 8.28. The van der Waals surface area contributed by atoms with E-state index in [0.29, 0.717) is 5.92 Å². The summed E-state index contributed by atoms with van der Waals surface area (Å²) in [6.07, 6.45) is 5.65. The number of aromatic nitrogens is 4. The van der Waals surface area contributed by atoms with Gasteiger partial charge in [0.25, 0.3) is 0 Å². The Morgan fingerprint density at radius 1 is 1.26 bits per heavy atom. The lowest BCUT2D eigenvalue weighted by Crippen LogP contribution is -2.35. The Bertz CT molecular complexity index is 605. The van der Waals surface area contributed by atoms with Crippen molar-refractivity contribution in [1.82, 2.24) is 25.5 Å². The van der Waals surface area contributed by atoms with Crippen molar-refractivity contribution in [3.8, 4) is 0 Å². The van der Waals surface area contributed by atoms with Crippen molar-refractivity contribution in [3.05, 3.63) is 42.2 Å². The molecule has 1 aromatic heterocycles. The van der Waals surface area contributed by atoms with Crippen molar-refractivity contribution < 1.29 is 4.79 Å². The van der Waals surface area contributed by atoms with E-state index in [1.807, 2.05) is 37.3 Å². The van der Waals surface area contributed by atoms with Crippen LogP contribution in [0.25, 0.3) is 0 Å². The van der Waals surface area contributed by atoms with E-state index in [-0.39, 0.29) is 17.9 Å². The van der Waals surface area contributed by atoms with Crippen molar-refractivity contribution >= 4 is 5.91 Å². The van der Waals surface area contributed by atoms with Crippen molar-refractivity contribution in [2.24, 2.45) is 11.8 Å². The van der Waals surface area contributed by atoms with E-state index in [1.54, 1.807) is 11.0 Å². The fourth-order valence-electron chi connectivity index (χ4n) is 3.29. The molecule has 1 aliphatic rings. The highest BCUT2D eigenvalue weighted by atomic mass is 16.1. The van der Waals surface area contributed by atoms with Gasteiger partial charge >= 0.3 is 0 Å². The van der Waals surface area contributed by atoms with Crippen LogP contribution in [0.15, 0.2) is 36.7 Å². The Morgan fingerprint density at radius 2 is 2.00 bits per heavy atom. The molecule has 2 aromatic rings. The van der Waals surface area contributed by atoms with E-state index in [1.165, 1.54) is 0 Å². The minimum absolute atomic E-state index is 0.0580. The molecule has 1 fully saturated rings. The monoisotopic (exact) mass is 313 g/mol. The zero-order chi connectivity index (χ0) is 16.1. The van der Waals surface area contributed by atoms with E-state index in [0.717, 1.165) is 37.8 Å². The van der Waals surface area contributed by atoms with E-state index >= 15 is 0 Å². The molecule has 1 atom stereocenters. The molecule has 0 spiro atoms. The number of hydrogen-bond acceptors (Lipinski definition) is 4. The fourth-order valence-corrected chi connectivity index (χ4v) is 3.29. The molecule has 122 valence electrons. The number of carbonyl (C=O) groups excluding carboxylic acids is 1. The van der Waals surface area contributed by atoms with Gasteiger partial charge in [0, 0.05) is 12.5 Å². The lowest BCUT2D eigenvalue weighted by molar-refractivity contribution is -0.126. The highest BCUT2D eigenvalue weighted by Crippen LogP contribution is 2.30. The molecule has 6 nitrogen and oxygen atoms in total. The number of nitrogens with one attached hydrogen (secondary N) is 1. The van der Waals surface area contributed by atoms with Gasteiger partial charge in [0.05, 0.1) is 6.04 Å². The fraction of sp³-hybridized carbons (Fsp3) is 0.529. The highest BCUT2D eigenvalue weighted by molar-refractivity contribution is 5.79. The zero-order valence-electron chi connectivity index (χ0n) is 13.4. The molecule has 1 heterocycles. The smallest absolute Gasteiger partial charge is 0.223 e. The van der Waals surface area contributed by atoms with Crippen molar-refractivity contribution in [1.29, 1.82) is 0 Å². The summed E-state index contributed by atoms with van der Waals surface area (Å²) >= 11 is 0. The predicted molar refractivity (Wildman–Crippen MR) is 86.3 cm³/mol. The van der Waals surface area contributed by atoms with Crippen LogP contribution in [-0.4, -0.2) is 26.1 Å². The van der Waals surface area contributed by atoms with Crippen LogP contribution in [0.2, 0.25) is 0 Å². The van der Waals surface area contributed by atoms with Crippen molar-refractivity contribution in [3.63, 3.8) is 0 Å². The molecule has 3 rings (SSSR count). The van der Waals surface area contributed by atoms with Gasteiger partial charge in [-0.3, -0.25) is 4.79 Å². The van der Waals surface area contributed by atoms with Crippen LogP contribution in [0, 0.1) is 11.8 Å². The first-order chi connectivity index (χ1) is 11.2. The molecule has 6 heteroatoms. The molecule has 0 radical (unpaired) electrons. The summed E-state index contributed by atoms with van der Waals surface area (Å²) in [4.78, 5) is 12.5. The number of amides is 1. The van der Waals surface area contributed by atoms with E-state index in [2.05, 4.69) is 20.8 Å². The molecule has 0 bridgehead atoms. The topological polar surface area (TPSA) is 72.7 Å². The number of rotatable bonds is 5. The van der Waals surface area contributed by atoms with Crippen molar-refractivity contribution in [2.45, 2.75) is 45.2 Å². The molecular weight excluding hydrogens is 290 g/mol. The summed E-state index contributed by atoms with van der Waals surface area (Å²) in [5.74, 6) is 0.877. The molecular formula is C17H23N5O. The molecule has 1 aliphatic carbocycles. The van der Waals surface area contributed by atoms with Gasteiger partial charge in [0.2, 0.25) is 5.91 Å². The van der Waals surface area contributed by atoms with E-state index in [9.17, 15) is 4.79 Å². The lowest BCUT2D eigenvalue weighted by atomic mass is 9.81. The van der Waals surface area contributed by atoms with Crippen LogP contribution in [0.4, 0.5) is 0 Å². The summed E-state index contributed by atoms with van der Waals surface area (Å²) in [7, 11) is 0. The Hall–Kier alpha value is -2.24. The zero-order valence-corrected chi connectivity index (χ0v) is 13.4. The van der Waals surface area contributed by atoms with E-state index < -0.39 is 0 Å². The van der Waals surface area contributed by atoms with Gasteiger partial charge in [0.1, 0.15) is 6.33 Å². The number of benzene rings is 1. The predicted octanol–water partition coefficient (Wildman–Crippen LogP) is 2.36. The standard InChI is InChI=1S/C17H23N5O/c1-13(15-5-3-2-4-6-15)19-17(23)16-9-7-14(8-10-16)11-22-12-18-20-21-22/h2-6,12-14,16H,7-11H2,1H3,(H,19,23)/t13-,14?,16?/m1/s1. The van der Waals surface area contributed by atoms with Crippen LogP contribution in [-0.2, 0) is 11.3 Å². The third-order valence-electron chi connectivity index (χ3n) is 4.71. The summed E-state index contributed by atoms with van der Waals surface area (Å²) < 4.78 is 1.78. The van der Waals surface area contributed by atoms with Gasteiger partial charge in [-0.25, -0.2) is 4.68 Å². The Labute approximate surface area is 136 Å². The van der Waals surface area contributed by atoms with Crippen LogP contribution in [0.5, 0.6) is 0 Å². The first kappa shape index (κ1) is 15.6. The lowest BCUT2D eigenvalue weighted by Gasteiger charge is -2.28. The molecule has 1 N–H and O–H groups in total. The quantitative estimate of drug-likeness (QED) is 0.919. The first-order valence-corrected chi connectivity index (χ1v) is 8.28. The van der Waals surface area contributed by atoms with Gasteiger partial charge in [-0.15, -0.1) is 5.10 Å². The normalized spacial score (nSPS) is 22.5. The number of tetrazole rings is 1. The van der Waals surface area contributed by atoms with Crippen LogP contribution >= 0.6 is 0 Å². The maximum atomic E-state index is 12.5. The van der Waals surface area contributed by atoms with Gasteiger partial charge in [0.15, 0.2) is 0 Å². The van der Waals surface area contributed by atoms with Gasteiger partial charge in [-0.05, 0) is 54.5 Å². The number of hydrogen-bond donors (Lipinski definition) is 1. The second kappa shape index (κ2) is 7.35. The average Bonchev–Trinajstić information content (AvgIpc) is 3.09. The van der Waals surface area contributed by atoms with E-state index in [4.69, 9.17) is 0 Å². The van der Waals surface area contributed by atoms with Crippen molar-refractivity contribution in [2.75, 3.05) is 0 Å². The van der Waals surface area contributed by atoms with Gasteiger partial charge in [-0.1, -0.05) is 30.3 Å². The Balaban J connectivity index is 1.46. The van der Waals surface area contributed by atoms with Crippen LogP contribution in [0.3, 0.4) is 0 Å². The third kappa shape index (κ3) is 4.15. The minimum atomic E-state index is 0.0580. The second-order valence-electron chi connectivity index (χ2n) is 6.39. The molecule has 0 saturated heterocycles. The summed E-state index contributed by atoms with van der Waals surface area (Å²) in [6.45, 7) is 2.89. The highest BCUT2D eigenvalue weighted by Gasteiger charge is 2.27. The maximum absolute atomic E-state index is 12.5. The minimum Gasteiger partial charge on any atom is -0.349 e. The van der Waals surface area contributed by atoms with Gasteiger partial charge < -0.3 is 5.32 Å². The Morgan fingerprint density at radius 3 is 2.65 bits per heavy atom. The molecule has 1 amide bonds. The van der Waals surface area contributed by atoms with Gasteiger partial charge in [-0.2, -0.15) is 0 Å². The summed E-state index contributed by atoms with van der Waals surface area (Å²) in [5.41, 5.74) is 1.15. The SMILES string of the molecule is C[C@@H](NC(=O)C1CCC(Cn2cnnn2)CC1)c1ccccc1. The molecule has 0 aliphatic heterocycles. The van der Waals surface area contributed by atoms with Crippen LogP contribution in [0.1, 0.15) is 44.2 Å². The second-order valence-corrected chi connectivity index (χ2v) is 6.39. The number of carbonyl (C=O) groups is 1. The number of nitrogens with zero attached hydrogens (tertiary/aromatic N) is 4. The summed E-state index contributed by atoms with van der Waals surface area (Å²) in [6, 6.07) is 10.2. The largest absolute Gasteiger partial charge is 0.349 e. The molecule has 1 aromatic carbocycles.